The molecule has 0 radical (unpaired) electrons. The first-order chi connectivity index (χ1) is 9.65. The van der Waals surface area contributed by atoms with Gasteiger partial charge in [0.15, 0.2) is 0 Å². The van der Waals surface area contributed by atoms with E-state index >= 15 is 0 Å². The Morgan fingerprint density at radius 1 is 1.25 bits per heavy atom. The molecule has 0 aromatic heterocycles. The quantitative estimate of drug-likeness (QED) is 0.161. The van der Waals surface area contributed by atoms with Crippen LogP contribution in [0.5, 0.6) is 0 Å². The minimum absolute atomic E-state index is 0.0533. The predicted molar refractivity (Wildman–Crippen MR) is 67.6 cm³/mol. The van der Waals surface area contributed by atoms with E-state index in [4.69, 9.17) is 24.5 Å². The Kier molecular flexibility index (Phi) is 7.48. The Balaban J connectivity index is 2.87. The van der Waals surface area contributed by atoms with Crippen molar-refractivity contribution in [3.63, 3.8) is 0 Å². The van der Waals surface area contributed by atoms with E-state index in [-0.39, 0.29) is 20.2 Å². The first-order valence-electron chi connectivity index (χ1n) is 5.93. The van der Waals surface area contributed by atoms with E-state index < -0.39 is 24.4 Å². The summed E-state index contributed by atoms with van der Waals surface area (Å²) in [6.45, 7) is 0.130. The third kappa shape index (κ3) is 4.43. The summed E-state index contributed by atoms with van der Waals surface area (Å²) in [5.74, 6) is 0. The van der Waals surface area contributed by atoms with E-state index in [1.165, 1.54) is 20.3 Å². The Morgan fingerprint density at radius 3 is 2.55 bits per heavy atom. The fourth-order valence-corrected chi connectivity index (χ4v) is 1.89. The number of azide groups is 1. The molecule has 0 amide bonds. The largest absolute Gasteiger partial charge is 0.390 e. The molecule has 2 N–H and O–H groups in total. The average molecular weight is 289 g/mol. The summed E-state index contributed by atoms with van der Waals surface area (Å²) >= 11 is 0. The Hall–Kier alpha value is -1.19. The number of hydrogen-bond donors (Lipinski definition) is 2. The second kappa shape index (κ2) is 8.88. The van der Waals surface area contributed by atoms with Crippen LogP contribution >= 0.6 is 0 Å². The summed E-state index contributed by atoms with van der Waals surface area (Å²) < 4.78 is 20.1. The molecule has 0 aromatic rings. The van der Waals surface area contributed by atoms with E-state index in [2.05, 4.69) is 10.0 Å². The molecule has 114 valence electrons. The van der Waals surface area contributed by atoms with Crippen molar-refractivity contribution in [3.05, 3.63) is 22.1 Å². The highest BCUT2D eigenvalue weighted by atomic mass is 16.7. The van der Waals surface area contributed by atoms with Crippen LogP contribution in [0.3, 0.4) is 0 Å². The van der Waals surface area contributed by atoms with Crippen molar-refractivity contribution >= 4 is 0 Å². The van der Waals surface area contributed by atoms with Crippen LogP contribution in [0.15, 0.2) is 16.8 Å². The number of nitrogens with zero attached hydrogens (tertiary/aromatic N) is 3. The molecule has 0 saturated carbocycles. The lowest BCUT2D eigenvalue weighted by molar-refractivity contribution is -0.135. The van der Waals surface area contributed by atoms with Crippen molar-refractivity contribution in [2.45, 2.75) is 24.4 Å². The number of aliphatic hydroxyl groups is 2. The normalized spacial score (nSPS) is 29.7. The summed E-state index contributed by atoms with van der Waals surface area (Å²) in [5, 5.41) is 23.4. The second-order valence-corrected chi connectivity index (χ2v) is 4.17. The highest BCUT2D eigenvalue weighted by molar-refractivity contribution is 5.22. The van der Waals surface area contributed by atoms with E-state index in [1.54, 1.807) is 0 Å². The second-order valence-electron chi connectivity index (χ2n) is 4.17. The van der Waals surface area contributed by atoms with Gasteiger partial charge in [0.25, 0.3) is 0 Å². The van der Waals surface area contributed by atoms with E-state index in [0.717, 1.165) is 0 Å². The lowest BCUT2D eigenvalue weighted by atomic mass is 9.88. The van der Waals surface area contributed by atoms with Crippen molar-refractivity contribution < 1.29 is 29.2 Å². The summed E-state index contributed by atoms with van der Waals surface area (Å²) in [5.41, 5.74) is 9.01. The third-order valence-corrected chi connectivity index (χ3v) is 2.78. The minimum Gasteiger partial charge on any atom is -0.390 e. The highest BCUT2D eigenvalue weighted by Gasteiger charge is 2.38. The zero-order valence-electron chi connectivity index (χ0n) is 11.4. The van der Waals surface area contributed by atoms with Gasteiger partial charge in [0.1, 0.15) is 25.8 Å². The molecule has 0 fully saturated rings. The average Bonchev–Trinajstić information content (AvgIpc) is 2.44. The Bertz CT molecular complexity index is 371. The molecule has 9 heteroatoms. The SMILES string of the molecule is COCOCC1=C[C@H](N=[N+]=[N-])[C@H](O)[C@@H](O)[C@@H]1OCOC. The van der Waals surface area contributed by atoms with Crippen LogP contribution < -0.4 is 0 Å². The molecular weight excluding hydrogens is 270 g/mol. The van der Waals surface area contributed by atoms with Crippen molar-refractivity contribution in [3.8, 4) is 0 Å². The Labute approximate surface area is 116 Å². The van der Waals surface area contributed by atoms with Crippen LogP contribution in [0, 0.1) is 0 Å². The molecule has 1 rings (SSSR count). The zero-order chi connectivity index (χ0) is 15.0. The predicted octanol–water partition coefficient (Wildman–Crippen LogP) is -0.0633. The summed E-state index contributed by atoms with van der Waals surface area (Å²) in [7, 11) is 2.93. The standard InChI is InChI=1S/C11H19N3O6/c1-17-5-19-4-7-3-8(13-14-12)9(15)10(16)11(7)20-6-18-2/h3,8-11,15-16H,4-6H2,1-2H3/t8-,9-,10+,11+/m0/s1. The molecule has 0 aromatic carbocycles. The van der Waals surface area contributed by atoms with Crippen molar-refractivity contribution in [1.29, 1.82) is 0 Å². The number of hydrogen-bond acceptors (Lipinski definition) is 7. The van der Waals surface area contributed by atoms with Gasteiger partial charge in [0.2, 0.25) is 0 Å². The van der Waals surface area contributed by atoms with Gasteiger partial charge in [0, 0.05) is 19.1 Å². The van der Waals surface area contributed by atoms with Gasteiger partial charge in [-0.3, -0.25) is 0 Å². The van der Waals surface area contributed by atoms with E-state index in [0.29, 0.717) is 5.57 Å². The van der Waals surface area contributed by atoms with Crippen LogP contribution in [0.1, 0.15) is 0 Å². The molecule has 20 heavy (non-hydrogen) atoms. The fraction of sp³-hybridized carbons (Fsp3) is 0.818. The maximum absolute atomic E-state index is 10.0. The van der Waals surface area contributed by atoms with Gasteiger partial charge in [-0.25, -0.2) is 0 Å². The number of methoxy groups -OCH3 is 2. The molecule has 9 nitrogen and oxygen atoms in total. The van der Waals surface area contributed by atoms with Crippen LogP contribution in [-0.2, 0) is 18.9 Å². The zero-order valence-corrected chi connectivity index (χ0v) is 11.4. The van der Waals surface area contributed by atoms with Crippen molar-refractivity contribution in [2.75, 3.05) is 34.4 Å². The first-order valence-corrected chi connectivity index (χ1v) is 5.93. The van der Waals surface area contributed by atoms with Gasteiger partial charge in [0.05, 0.1) is 18.8 Å². The Morgan fingerprint density at radius 2 is 1.95 bits per heavy atom. The van der Waals surface area contributed by atoms with Crippen LogP contribution in [0.2, 0.25) is 0 Å². The lowest BCUT2D eigenvalue weighted by Gasteiger charge is -2.35. The number of rotatable bonds is 8. The maximum atomic E-state index is 10.0. The molecule has 0 aliphatic heterocycles. The first kappa shape index (κ1) is 16.9. The van der Waals surface area contributed by atoms with Crippen molar-refractivity contribution in [2.24, 2.45) is 5.11 Å². The fourth-order valence-electron chi connectivity index (χ4n) is 1.89. The minimum atomic E-state index is -1.25. The molecule has 1 aliphatic rings. The summed E-state index contributed by atoms with van der Waals surface area (Å²) in [4.78, 5) is 2.64. The molecule has 0 unspecified atom stereocenters. The maximum Gasteiger partial charge on any atom is 0.147 e. The summed E-state index contributed by atoms with van der Waals surface area (Å²) in [6, 6.07) is -0.876. The molecule has 4 atom stereocenters. The molecule has 0 saturated heterocycles. The van der Waals surface area contributed by atoms with Crippen molar-refractivity contribution in [1.82, 2.24) is 0 Å². The smallest absolute Gasteiger partial charge is 0.147 e. The van der Waals surface area contributed by atoms with Gasteiger partial charge in [-0.2, -0.15) is 0 Å². The molecule has 0 bridgehead atoms. The van der Waals surface area contributed by atoms with Gasteiger partial charge < -0.3 is 29.2 Å². The van der Waals surface area contributed by atoms with Gasteiger partial charge >= 0.3 is 0 Å². The molecule has 0 heterocycles. The monoisotopic (exact) mass is 289 g/mol. The lowest BCUT2D eigenvalue weighted by Crippen LogP contribution is -2.49. The van der Waals surface area contributed by atoms with Crippen LogP contribution in [-0.4, -0.2) is 69.0 Å². The van der Waals surface area contributed by atoms with Gasteiger partial charge in [-0.15, -0.1) is 0 Å². The molecular formula is C11H19N3O6. The van der Waals surface area contributed by atoms with E-state index in [9.17, 15) is 10.2 Å². The summed E-state index contributed by atoms with van der Waals surface area (Å²) in [6.07, 6.45) is -1.77. The molecule has 1 aliphatic carbocycles. The van der Waals surface area contributed by atoms with Gasteiger partial charge in [-0.05, 0) is 11.1 Å². The number of ether oxygens (including phenoxy) is 4. The van der Waals surface area contributed by atoms with Gasteiger partial charge in [-0.1, -0.05) is 11.2 Å². The van der Waals surface area contributed by atoms with Crippen LogP contribution in [0.25, 0.3) is 10.4 Å². The molecule has 0 spiro atoms. The van der Waals surface area contributed by atoms with Crippen LogP contribution in [0.4, 0.5) is 0 Å². The topological polar surface area (TPSA) is 126 Å². The van der Waals surface area contributed by atoms with E-state index in [1.807, 2.05) is 0 Å². The third-order valence-electron chi connectivity index (χ3n) is 2.78. The number of aliphatic hydroxyl groups excluding tert-OH is 2. The highest BCUT2D eigenvalue weighted by Crippen LogP contribution is 2.25.